The van der Waals surface area contributed by atoms with Gasteiger partial charge >= 0.3 is 0 Å². The zero-order chi connectivity index (χ0) is 24.8. The first-order valence-corrected chi connectivity index (χ1v) is 11.2. The van der Waals surface area contributed by atoms with Crippen LogP contribution in [0.25, 0.3) is 5.76 Å². The van der Waals surface area contributed by atoms with E-state index in [4.69, 9.17) is 14.2 Å². The molecule has 2 aromatic rings. The van der Waals surface area contributed by atoms with Gasteiger partial charge in [0, 0.05) is 25.8 Å². The number of hydrogen-bond acceptors (Lipinski definition) is 7. The van der Waals surface area contributed by atoms with E-state index in [1.165, 1.54) is 18.1 Å². The number of aliphatic hydroxyl groups is 1. The Morgan fingerprint density at radius 3 is 2.41 bits per heavy atom. The van der Waals surface area contributed by atoms with Crippen LogP contribution in [0, 0.1) is 5.92 Å². The molecular weight excluding hydrogens is 438 g/mol. The van der Waals surface area contributed by atoms with Gasteiger partial charge in [-0.1, -0.05) is 19.9 Å². The molecule has 2 aromatic carbocycles. The summed E-state index contributed by atoms with van der Waals surface area (Å²) in [6, 6.07) is 10.5. The Morgan fingerprint density at radius 2 is 1.79 bits per heavy atom. The first-order valence-electron chi connectivity index (χ1n) is 11.2. The number of carbonyl (C=O) groups is 2. The van der Waals surface area contributed by atoms with Crippen molar-refractivity contribution in [2.75, 3.05) is 34.0 Å². The number of rotatable bonds is 10. The van der Waals surface area contributed by atoms with Crippen LogP contribution in [0.5, 0.6) is 17.2 Å². The number of ketones is 1. The number of aromatic hydroxyl groups is 1. The molecule has 1 fully saturated rings. The number of hydrogen-bond donors (Lipinski definition) is 2. The molecule has 0 saturated carbocycles. The van der Waals surface area contributed by atoms with Crippen molar-refractivity contribution in [1.82, 2.24) is 4.90 Å². The van der Waals surface area contributed by atoms with Gasteiger partial charge in [0.05, 0.1) is 25.3 Å². The summed E-state index contributed by atoms with van der Waals surface area (Å²) >= 11 is 0. The van der Waals surface area contributed by atoms with Crippen LogP contribution in [0.3, 0.4) is 0 Å². The van der Waals surface area contributed by atoms with Crippen molar-refractivity contribution in [3.8, 4) is 17.2 Å². The highest BCUT2D eigenvalue weighted by Gasteiger charge is 2.46. The van der Waals surface area contributed by atoms with E-state index in [1.807, 2.05) is 13.8 Å². The van der Waals surface area contributed by atoms with Crippen LogP contribution in [0.15, 0.2) is 48.0 Å². The zero-order valence-corrected chi connectivity index (χ0v) is 19.9. The molecule has 1 unspecified atom stereocenters. The maximum absolute atomic E-state index is 13.1. The lowest BCUT2D eigenvalue weighted by atomic mass is 9.95. The van der Waals surface area contributed by atoms with Gasteiger partial charge in [-0.3, -0.25) is 9.59 Å². The molecule has 0 bridgehead atoms. The molecule has 2 N–H and O–H groups in total. The normalized spacial score (nSPS) is 17.4. The zero-order valence-electron chi connectivity index (χ0n) is 19.9. The summed E-state index contributed by atoms with van der Waals surface area (Å²) in [6.45, 7) is 5.31. The van der Waals surface area contributed by atoms with Gasteiger partial charge in [0.1, 0.15) is 11.5 Å². The molecule has 0 aromatic heterocycles. The van der Waals surface area contributed by atoms with Crippen molar-refractivity contribution in [2.45, 2.75) is 26.3 Å². The van der Waals surface area contributed by atoms with E-state index in [0.29, 0.717) is 42.4 Å². The van der Waals surface area contributed by atoms with Gasteiger partial charge in [0.25, 0.3) is 11.7 Å². The highest BCUT2D eigenvalue weighted by atomic mass is 16.5. The second-order valence-corrected chi connectivity index (χ2v) is 8.50. The average molecular weight is 470 g/mol. The Kier molecular flexibility index (Phi) is 8.17. The van der Waals surface area contributed by atoms with E-state index in [-0.39, 0.29) is 29.4 Å². The number of benzene rings is 2. The first kappa shape index (κ1) is 25.1. The molecule has 1 saturated heterocycles. The molecule has 8 heteroatoms. The number of Topliss-reactive ketones (excluding diaryl/α,β-unsaturated/α-hetero) is 1. The van der Waals surface area contributed by atoms with Crippen molar-refractivity contribution < 1.29 is 34.0 Å². The summed E-state index contributed by atoms with van der Waals surface area (Å²) in [7, 11) is 2.97. The minimum atomic E-state index is -0.844. The summed E-state index contributed by atoms with van der Waals surface area (Å²) in [6.07, 6.45) is 0.511. The number of amides is 1. The quantitative estimate of drug-likeness (QED) is 0.235. The van der Waals surface area contributed by atoms with Crippen LogP contribution < -0.4 is 9.47 Å². The fraction of sp³-hybridized carbons (Fsp3) is 0.385. The van der Waals surface area contributed by atoms with E-state index < -0.39 is 17.7 Å². The molecule has 0 spiro atoms. The molecule has 1 atom stereocenters. The molecule has 182 valence electrons. The SMILES string of the molecule is COCCCN1C(=O)C(=O)C(=C(O)c2ccc(OCC(C)C)cc2)C1c1ccc(O)c(OC)c1. The van der Waals surface area contributed by atoms with E-state index in [1.54, 1.807) is 43.5 Å². The summed E-state index contributed by atoms with van der Waals surface area (Å²) < 4.78 is 16.0. The number of phenols is 1. The molecule has 1 amide bonds. The number of methoxy groups -OCH3 is 2. The molecular formula is C26H31NO7. The van der Waals surface area contributed by atoms with E-state index in [9.17, 15) is 19.8 Å². The lowest BCUT2D eigenvalue weighted by molar-refractivity contribution is -0.140. The lowest BCUT2D eigenvalue weighted by Crippen LogP contribution is -2.31. The third-order valence-electron chi connectivity index (χ3n) is 5.52. The molecule has 8 nitrogen and oxygen atoms in total. The third-order valence-corrected chi connectivity index (χ3v) is 5.52. The van der Waals surface area contributed by atoms with Gasteiger partial charge in [-0.05, 0) is 54.3 Å². The van der Waals surface area contributed by atoms with Crippen molar-refractivity contribution in [3.63, 3.8) is 0 Å². The Morgan fingerprint density at radius 1 is 1.09 bits per heavy atom. The maximum Gasteiger partial charge on any atom is 0.295 e. The van der Waals surface area contributed by atoms with Crippen LogP contribution >= 0.6 is 0 Å². The number of ether oxygens (including phenoxy) is 3. The second kappa shape index (κ2) is 11.1. The van der Waals surface area contributed by atoms with Crippen LogP contribution in [-0.4, -0.2) is 60.8 Å². The summed E-state index contributed by atoms with van der Waals surface area (Å²) in [5, 5.41) is 21.2. The number of nitrogens with zero attached hydrogens (tertiary/aromatic N) is 1. The number of aliphatic hydroxyl groups excluding tert-OH is 1. The van der Waals surface area contributed by atoms with Gasteiger partial charge in [0.2, 0.25) is 0 Å². The molecule has 34 heavy (non-hydrogen) atoms. The molecule has 1 aliphatic heterocycles. The number of carbonyl (C=O) groups excluding carboxylic acids is 2. The van der Waals surface area contributed by atoms with Crippen molar-refractivity contribution in [3.05, 3.63) is 59.2 Å². The highest BCUT2D eigenvalue weighted by molar-refractivity contribution is 6.46. The van der Waals surface area contributed by atoms with Gasteiger partial charge in [0.15, 0.2) is 11.5 Å². The number of phenolic OH excluding ortho intramolecular Hbond substituents is 1. The van der Waals surface area contributed by atoms with Gasteiger partial charge < -0.3 is 29.3 Å². The van der Waals surface area contributed by atoms with E-state index in [2.05, 4.69) is 0 Å². The minimum Gasteiger partial charge on any atom is -0.507 e. The smallest absolute Gasteiger partial charge is 0.295 e. The van der Waals surface area contributed by atoms with Crippen molar-refractivity contribution in [1.29, 1.82) is 0 Å². The van der Waals surface area contributed by atoms with Gasteiger partial charge in [-0.25, -0.2) is 0 Å². The van der Waals surface area contributed by atoms with Gasteiger partial charge in [-0.15, -0.1) is 0 Å². The molecule has 0 aliphatic carbocycles. The Balaban J connectivity index is 2.05. The minimum absolute atomic E-state index is 0.0222. The van der Waals surface area contributed by atoms with Crippen LogP contribution in [0.4, 0.5) is 0 Å². The standard InChI is InChI=1S/C26H31NO7/c1-16(2)15-34-19-9-6-17(7-10-19)24(29)22-23(18-8-11-20(28)21(14-18)33-4)27(12-5-13-32-3)26(31)25(22)30/h6-11,14,16,23,28-29H,5,12-13,15H2,1-4H3. The summed E-state index contributed by atoms with van der Waals surface area (Å²) in [4.78, 5) is 27.4. The van der Waals surface area contributed by atoms with Crippen LogP contribution in [0.1, 0.15) is 37.4 Å². The Hall–Kier alpha value is -3.52. The van der Waals surface area contributed by atoms with Gasteiger partial charge in [-0.2, -0.15) is 0 Å². The second-order valence-electron chi connectivity index (χ2n) is 8.50. The third kappa shape index (κ3) is 5.34. The molecule has 3 rings (SSSR count). The Bertz CT molecular complexity index is 1060. The lowest BCUT2D eigenvalue weighted by Gasteiger charge is -2.25. The fourth-order valence-electron chi connectivity index (χ4n) is 3.83. The van der Waals surface area contributed by atoms with E-state index >= 15 is 0 Å². The number of likely N-dealkylation sites (tertiary alicyclic amines) is 1. The summed E-state index contributed by atoms with van der Waals surface area (Å²) in [5.41, 5.74) is 0.901. The predicted octanol–water partition coefficient (Wildman–Crippen LogP) is 3.89. The average Bonchev–Trinajstić information content (AvgIpc) is 3.08. The predicted molar refractivity (Wildman–Crippen MR) is 127 cm³/mol. The molecule has 1 aliphatic rings. The molecule has 1 heterocycles. The summed E-state index contributed by atoms with van der Waals surface area (Å²) in [5.74, 6) is -0.612. The largest absolute Gasteiger partial charge is 0.507 e. The van der Waals surface area contributed by atoms with Crippen molar-refractivity contribution >= 4 is 17.4 Å². The molecule has 0 radical (unpaired) electrons. The first-order chi connectivity index (χ1) is 16.3. The monoisotopic (exact) mass is 469 g/mol. The topological polar surface area (TPSA) is 106 Å². The maximum atomic E-state index is 13.1. The Labute approximate surface area is 199 Å². The van der Waals surface area contributed by atoms with Crippen molar-refractivity contribution in [2.24, 2.45) is 5.92 Å². The van der Waals surface area contributed by atoms with Crippen LogP contribution in [-0.2, 0) is 14.3 Å². The highest BCUT2D eigenvalue weighted by Crippen LogP contribution is 2.41. The van der Waals surface area contributed by atoms with E-state index in [0.717, 1.165) is 0 Å². The van der Waals surface area contributed by atoms with Crippen LogP contribution in [0.2, 0.25) is 0 Å². The fourth-order valence-corrected chi connectivity index (χ4v) is 3.83.